The molecule has 27 heavy (non-hydrogen) atoms. The average molecular weight is 372 g/mol. The summed E-state index contributed by atoms with van der Waals surface area (Å²) in [5, 5.41) is 5.55. The Labute approximate surface area is 160 Å². The van der Waals surface area contributed by atoms with Gasteiger partial charge < -0.3 is 20.1 Å². The van der Waals surface area contributed by atoms with Crippen molar-refractivity contribution < 1.29 is 19.1 Å². The van der Waals surface area contributed by atoms with Crippen molar-refractivity contribution in [3.63, 3.8) is 0 Å². The van der Waals surface area contributed by atoms with Crippen molar-refractivity contribution in [3.05, 3.63) is 41.1 Å². The maximum absolute atomic E-state index is 13.0. The van der Waals surface area contributed by atoms with E-state index >= 15 is 0 Å². The van der Waals surface area contributed by atoms with Crippen molar-refractivity contribution in [2.45, 2.75) is 58.6 Å². The van der Waals surface area contributed by atoms with Crippen molar-refractivity contribution in [2.75, 3.05) is 6.61 Å². The number of urea groups is 1. The molecule has 1 fully saturated rings. The normalized spacial score (nSPS) is 25.4. The molecule has 0 bridgehead atoms. The van der Waals surface area contributed by atoms with Crippen LogP contribution in [0, 0.1) is 5.92 Å². The van der Waals surface area contributed by atoms with E-state index in [2.05, 4.69) is 17.6 Å². The van der Waals surface area contributed by atoms with Gasteiger partial charge in [0.2, 0.25) is 0 Å². The number of esters is 1. The molecule has 1 aliphatic heterocycles. The Morgan fingerprint density at radius 1 is 1.26 bits per heavy atom. The van der Waals surface area contributed by atoms with Gasteiger partial charge in [-0.2, -0.15) is 0 Å². The van der Waals surface area contributed by atoms with Gasteiger partial charge in [0.15, 0.2) is 0 Å². The molecule has 0 unspecified atom stereocenters. The van der Waals surface area contributed by atoms with Gasteiger partial charge in [-0.05, 0) is 45.1 Å². The molecule has 3 rings (SSSR count). The Kier molecular flexibility index (Phi) is 6.04. The van der Waals surface area contributed by atoms with E-state index in [1.165, 1.54) is 6.42 Å². The van der Waals surface area contributed by atoms with Crippen LogP contribution in [0.5, 0.6) is 5.75 Å². The van der Waals surface area contributed by atoms with Crippen LogP contribution in [-0.2, 0) is 9.53 Å². The van der Waals surface area contributed by atoms with E-state index in [9.17, 15) is 9.59 Å². The Hall–Kier alpha value is -2.50. The summed E-state index contributed by atoms with van der Waals surface area (Å²) in [6.45, 7) is 6.32. The monoisotopic (exact) mass is 372 g/mol. The number of carbonyl (C=O) groups is 2. The molecular weight excluding hydrogens is 344 g/mol. The highest BCUT2D eigenvalue weighted by Crippen LogP contribution is 2.34. The Bertz CT molecular complexity index is 743. The lowest BCUT2D eigenvalue weighted by atomic mass is 9.88. The molecule has 2 aliphatic rings. The molecule has 0 aromatic heterocycles. The highest BCUT2D eigenvalue weighted by molar-refractivity contribution is 5.95. The number of ether oxygens (including phenoxy) is 2. The summed E-state index contributed by atoms with van der Waals surface area (Å²) < 4.78 is 11.5. The van der Waals surface area contributed by atoms with Crippen molar-refractivity contribution in [1.29, 1.82) is 0 Å². The van der Waals surface area contributed by atoms with Gasteiger partial charge in [-0.1, -0.05) is 31.5 Å². The van der Waals surface area contributed by atoms with E-state index < -0.39 is 6.04 Å². The predicted octanol–water partition coefficient (Wildman–Crippen LogP) is 3.84. The van der Waals surface area contributed by atoms with Gasteiger partial charge in [0.25, 0.3) is 0 Å². The fraction of sp³-hybridized carbons (Fsp3) is 0.524. The predicted molar refractivity (Wildman–Crippen MR) is 102 cm³/mol. The Balaban J connectivity index is 1.89. The number of carbonyl (C=O) groups excluding carboxylic acids is 2. The summed E-state index contributed by atoms with van der Waals surface area (Å²) >= 11 is 0. The molecule has 1 aromatic rings. The van der Waals surface area contributed by atoms with Crippen molar-refractivity contribution in [2.24, 2.45) is 5.92 Å². The van der Waals surface area contributed by atoms with Crippen LogP contribution >= 0.6 is 0 Å². The zero-order valence-electron chi connectivity index (χ0n) is 16.2. The van der Waals surface area contributed by atoms with Gasteiger partial charge in [-0.15, -0.1) is 0 Å². The van der Waals surface area contributed by atoms with Crippen LogP contribution in [0.25, 0.3) is 0 Å². The van der Waals surface area contributed by atoms with Crippen LogP contribution in [-0.4, -0.2) is 24.7 Å². The maximum Gasteiger partial charge on any atom is 0.338 e. The molecule has 1 heterocycles. The summed E-state index contributed by atoms with van der Waals surface area (Å²) in [5.41, 5.74) is 1.70. The lowest BCUT2D eigenvalue weighted by Gasteiger charge is -2.31. The van der Waals surface area contributed by atoms with Crippen LogP contribution < -0.4 is 15.4 Å². The zero-order chi connectivity index (χ0) is 19.4. The number of rotatable bonds is 5. The lowest BCUT2D eigenvalue weighted by Crippen LogP contribution is -2.45. The third kappa shape index (κ3) is 4.43. The molecule has 1 saturated carbocycles. The summed E-state index contributed by atoms with van der Waals surface area (Å²) in [6, 6.07) is 6.50. The van der Waals surface area contributed by atoms with E-state index in [1.807, 2.05) is 31.2 Å². The van der Waals surface area contributed by atoms with Crippen LogP contribution in [0.4, 0.5) is 4.79 Å². The molecule has 3 atom stereocenters. The molecule has 2 amide bonds. The third-order valence-electron chi connectivity index (χ3n) is 5.18. The lowest BCUT2D eigenvalue weighted by molar-refractivity contribution is -0.146. The molecule has 1 aromatic carbocycles. The van der Waals surface area contributed by atoms with Crippen molar-refractivity contribution in [3.8, 4) is 5.75 Å². The highest BCUT2D eigenvalue weighted by atomic mass is 16.5. The highest BCUT2D eigenvalue weighted by Gasteiger charge is 2.35. The Morgan fingerprint density at radius 3 is 2.78 bits per heavy atom. The minimum atomic E-state index is -0.602. The minimum Gasteiger partial charge on any atom is -0.494 e. The van der Waals surface area contributed by atoms with Gasteiger partial charge in [0.1, 0.15) is 11.9 Å². The summed E-state index contributed by atoms with van der Waals surface area (Å²) in [5.74, 6) is 0.831. The first-order valence-electron chi connectivity index (χ1n) is 9.70. The maximum atomic E-state index is 13.0. The molecule has 1 aliphatic carbocycles. The van der Waals surface area contributed by atoms with E-state index in [0.717, 1.165) is 24.8 Å². The van der Waals surface area contributed by atoms with Crippen molar-refractivity contribution in [1.82, 2.24) is 10.6 Å². The van der Waals surface area contributed by atoms with Crippen molar-refractivity contribution >= 4 is 12.0 Å². The smallest absolute Gasteiger partial charge is 0.338 e. The zero-order valence-corrected chi connectivity index (χ0v) is 16.2. The van der Waals surface area contributed by atoms with Gasteiger partial charge >= 0.3 is 12.0 Å². The minimum absolute atomic E-state index is 0.0676. The largest absolute Gasteiger partial charge is 0.494 e. The van der Waals surface area contributed by atoms with E-state index in [1.54, 1.807) is 6.92 Å². The number of amides is 2. The number of allylic oxidation sites excluding steroid dienone is 1. The summed E-state index contributed by atoms with van der Waals surface area (Å²) in [7, 11) is 0. The average Bonchev–Trinajstić information content (AvgIpc) is 2.61. The quantitative estimate of drug-likeness (QED) is 0.770. The SMILES string of the molecule is CCOc1ccccc1[C@@H]1NC(=O)NC(C)=C1C(=O)O[C@H]1CCC[C@@H](C)C1. The van der Waals surface area contributed by atoms with Crippen LogP contribution in [0.15, 0.2) is 35.5 Å². The number of benzene rings is 1. The molecule has 6 nitrogen and oxygen atoms in total. The molecule has 0 radical (unpaired) electrons. The van der Waals surface area contributed by atoms with Gasteiger partial charge in [-0.25, -0.2) is 9.59 Å². The fourth-order valence-corrected chi connectivity index (χ4v) is 3.90. The third-order valence-corrected chi connectivity index (χ3v) is 5.18. The number of hydrogen-bond acceptors (Lipinski definition) is 4. The molecule has 146 valence electrons. The van der Waals surface area contributed by atoms with Crippen LogP contribution in [0.3, 0.4) is 0 Å². The molecule has 2 N–H and O–H groups in total. The van der Waals surface area contributed by atoms with E-state index in [4.69, 9.17) is 9.47 Å². The van der Waals surface area contributed by atoms with Crippen LogP contribution in [0.2, 0.25) is 0 Å². The standard InChI is InChI=1S/C21H28N2O4/c1-4-26-17-11-6-5-10-16(17)19-18(14(3)22-21(25)23-19)20(24)27-15-9-7-8-13(2)12-15/h5-6,10-11,13,15,19H,4,7-9,12H2,1-3H3,(H2,22,23,25)/t13-,15+,19+/m1/s1. The molecule has 0 spiro atoms. The van der Waals surface area contributed by atoms with Crippen LogP contribution in [0.1, 0.15) is 58.1 Å². The first-order chi connectivity index (χ1) is 13.0. The first-order valence-corrected chi connectivity index (χ1v) is 9.70. The van der Waals surface area contributed by atoms with E-state index in [0.29, 0.717) is 29.5 Å². The molecular formula is C21H28N2O4. The second-order valence-electron chi connectivity index (χ2n) is 7.34. The first kappa shape index (κ1) is 19.3. The number of hydrogen-bond donors (Lipinski definition) is 2. The van der Waals surface area contributed by atoms with E-state index in [-0.39, 0.29) is 18.1 Å². The number of para-hydroxylation sites is 1. The number of nitrogens with one attached hydrogen (secondary N) is 2. The molecule has 0 saturated heterocycles. The summed E-state index contributed by atoms with van der Waals surface area (Å²) in [4.78, 5) is 25.1. The molecule has 6 heteroatoms. The Morgan fingerprint density at radius 2 is 2.04 bits per heavy atom. The van der Waals surface area contributed by atoms with Gasteiger partial charge in [0.05, 0.1) is 18.2 Å². The topological polar surface area (TPSA) is 76.7 Å². The second-order valence-corrected chi connectivity index (χ2v) is 7.34. The fourth-order valence-electron chi connectivity index (χ4n) is 3.90. The second kappa shape index (κ2) is 8.46. The van der Waals surface area contributed by atoms with Gasteiger partial charge in [-0.3, -0.25) is 0 Å². The summed E-state index contributed by atoms with van der Waals surface area (Å²) in [6.07, 6.45) is 3.96. The van der Waals surface area contributed by atoms with Gasteiger partial charge in [0, 0.05) is 11.3 Å².